The third-order valence-corrected chi connectivity index (χ3v) is 4.67. The summed E-state index contributed by atoms with van der Waals surface area (Å²) in [6.07, 6.45) is 0.639. The standard InChI is InChI=1S/C16H19NO2S/c1-16(2,13-14-9-5-3-6-10-14)17-20(18,19)15-11-7-4-8-12-15/h3-12,17H,13H2,1-2H3. The van der Waals surface area contributed by atoms with Crippen LogP contribution in [0.2, 0.25) is 0 Å². The van der Waals surface area contributed by atoms with Crippen LogP contribution in [0.1, 0.15) is 19.4 Å². The number of rotatable bonds is 5. The van der Waals surface area contributed by atoms with E-state index in [-0.39, 0.29) is 0 Å². The van der Waals surface area contributed by atoms with E-state index in [1.54, 1.807) is 30.3 Å². The van der Waals surface area contributed by atoms with E-state index in [4.69, 9.17) is 0 Å². The molecule has 0 spiro atoms. The summed E-state index contributed by atoms with van der Waals surface area (Å²) in [6, 6.07) is 18.3. The lowest BCUT2D eigenvalue weighted by molar-refractivity contribution is 0.450. The fraction of sp³-hybridized carbons (Fsp3) is 0.250. The second kappa shape index (κ2) is 5.77. The van der Waals surface area contributed by atoms with Crippen molar-refractivity contribution < 1.29 is 8.42 Å². The predicted molar refractivity (Wildman–Crippen MR) is 81.0 cm³/mol. The van der Waals surface area contributed by atoms with E-state index >= 15 is 0 Å². The molecular weight excluding hydrogens is 270 g/mol. The van der Waals surface area contributed by atoms with Gasteiger partial charge in [-0.15, -0.1) is 0 Å². The minimum Gasteiger partial charge on any atom is -0.207 e. The molecule has 2 aromatic carbocycles. The maximum absolute atomic E-state index is 12.3. The molecule has 0 fully saturated rings. The molecule has 0 aliphatic carbocycles. The van der Waals surface area contributed by atoms with E-state index in [1.165, 1.54) is 0 Å². The van der Waals surface area contributed by atoms with Crippen molar-refractivity contribution in [3.63, 3.8) is 0 Å². The molecule has 0 heterocycles. The molecular formula is C16H19NO2S. The Balaban J connectivity index is 2.16. The average molecular weight is 289 g/mol. The third kappa shape index (κ3) is 3.92. The Hall–Kier alpha value is -1.65. The van der Waals surface area contributed by atoms with Crippen LogP contribution in [-0.2, 0) is 16.4 Å². The Morgan fingerprint density at radius 2 is 1.40 bits per heavy atom. The second-order valence-electron chi connectivity index (χ2n) is 5.46. The van der Waals surface area contributed by atoms with E-state index < -0.39 is 15.6 Å². The Labute approximate surface area is 120 Å². The Kier molecular flexibility index (Phi) is 4.26. The van der Waals surface area contributed by atoms with Crippen molar-refractivity contribution in [2.75, 3.05) is 0 Å². The molecule has 0 bridgehead atoms. The van der Waals surface area contributed by atoms with Gasteiger partial charge in [0.2, 0.25) is 10.0 Å². The topological polar surface area (TPSA) is 46.2 Å². The van der Waals surface area contributed by atoms with Crippen molar-refractivity contribution in [2.24, 2.45) is 0 Å². The van der Waals surface area contributed by atoms with Crippen molar-refractivity contribution in [1.29, 1.82) is 0 Å². The summed E-state index contributed by atoms with van der Waals surface area (Å²) in [6.45, 7) is 3.78. The van der Waals surface area contributed by atoms with Crippen molar-refractivity contribution in [2.45, 2.75) is 30.7 Å². The molecule has 0 aliphatic heterocycles. The molecule has 0 amide bonds. The zero-order chi connectivity index (χ0) is 14.6. The quantitative estimate of drug-likeness (QED) is 0.919. The SMILES string of the molecule is CC(C)(Cc1ccccc1)NS(=O)(=O)c1ccccc1. The molecule has 0 radical (unpaired) electrons. The molecule has 4 heteroatoms. The van der Waals surface area contributed by atoms with Crippen LogP contribution in [0, 0.1) is 0 Å². The first-order valence-corrected chi connectivity index (χ1v) is 8.00. The number of benzene rings is 2. The van der Waals surface area contributed by atoms with Gasteiger partial charge in [-0.3, -0.25) is 0 Å². The van der Waals surface area contributed by atoms with Crippen LogP contribution in [0.5, 0.6) is 0 Å². The lowest BCUT2D eigenvalue weighted by Gasteiger charge is -2.26. The van der Waals surface area contributed by atoms with E-state index in [0.717, 1.165) is 5.56 Å². The van der Waals surface area contributed by atoms with Gasteiger partial charge in [-0.2, -0.15) is 0 Å². The molecule has 0 atom stereocenters. The third-order valence-electron chi connectivity index (χ3n) is 2.95. The average Bonchev–Trinajstić information content (AvgIpc) is 2.39. The normalized spacial score (nSPS) is 12.3. The van der Waals surface area contributed by atoms with Crippen molar-refractivity contribution in [3.05, 3.63) is 66.2 Å². The fourth-order valence-corrected chi connectivity index (χ4v) is 3.60. The summed E-state index contributed by atoms with van der Waals surface area (Å²) in [4.78, 5) is 0.293. The number of hydrogen-bond donors (Lipinski definition) is 1. The van der Waals surface area contributed by atoms with Gasteiger partial charge in [-0.05, 0) is 38.0 Å². The van der Waals surface area contributed by atoms with Gasteiger partial charge in [0.25, 0.3) is 0 Å². The van der Waals surface area contributed by atoms with Crippen LogP contribution >= 0.6 is 0 Å². The zero-order valence-electron chi connectivity index (χ0n) is 11.7. The van der Waals surface area contributed by atoms with E-state index in [1.807, 2.05) is 44.2 Å². The van der Waals surface area contributed by atoms with Crippen molar-refractivity contribution in [3.8, 4) is 0 Å². The van der Waals surface area contributed by atoms with Crippen LogP contribution in [0.3, 0.4) is 0 Å². The van der Waals surface area contributed by atoms with Crippen LogP contribution in [0.25, 0.3) is 0 Å². The fourth-order valence-electron chi connectivity index (χ4n) is 2.16. The van der Waals surface area contributed by atoms with Crippen molar-refractivity contribution >= 4 is 10.0 Å². The van der Waals surface area contributed by atoms with Gasteiger partial charge in [0.1, 0.15) is 0 Å². The number of hydrogen-bond acceptors (Lipinski definition) is 2. The van der Waals surface area contributed by atoms with Gasteiger partial charge >= 0.3 is 0 Å². The van der Waals surface area contributed by atoms with Gasteiger partial charge in [0.15, 0.2) is 0 Å². The summed E-state index contributed by atoms with van der Waals surface area (Å²) in [5.41, 5.74) is 0.559. The minimum atomic E-state index is -3.49. The highest BCUT2D eigenvalue weighted by molar-refractivity contribution is 7.89. The highest BCUT2D eigenvalue weighted by Crippen LogP contribution is 2.17. The van der Waals surface area contributed by atoms with E-state index in [0.29, 0.717) is 11.3 Å². The smallest absolute Gasteiger partial charge is 0.207 e. The zero-order valence-corrected chi connectivity index (χ0v) is 12.5. The van der Waals surface area contributed by atoms with Gasteiger partial charge in [0, 0.05) is 5.54 Å². The molecule has 20 heavy (non-hydrogen) atoms. The van der Waals surface area contributed by atoms with E-state index in [9.17, 15) is 8.42 Å². The van der Waals surface area contributed by atoms with Gasteiger partial charge < -0.3 is 0 Å². The molecule has 0 unspecified atom stereocenters. The molecule has 3 nitrogen and oxygen atoms in total. The summed E-state index contributed by atoms with van der Waals surface area (Å²) in [5, 5.41) is 0. The summed E-state index contributed by atoms with van der Waals surface area (Å²) >= 11 is 0. The Bertz CT molecular complexity index is 649. The van der Waals surface area contributed by atoms with Crippen LogP contribution < -0.4 is 4.72 Å². The summed E-state index contributed by atoms with van der Waals surface area (Å²) < 4.78 is 27.4. The molecule has 1 N–H and O–H groups in total. The van der Waals surface area contributed by atoms with Crippen LogP contribution in [0.4, 0.5) is 0 Å². The molecule has 2 rings (SSSR count). The first-order valence-electron chi connectivity index (χ1n) is 6.52. The number of sulfonamides is 1. The Morgan fingerprint density at radius 1 is 0.900 bits per heavy atom. The molecule has 0 aliphatic rings. The van der Waals surface area contributed by atoms with Gasteiger partial charge in [0.05, 0.1) is 4.90 Å². The maximum atomic E-state index is 12.3. The predicted octanol–water partition coefficient (Wildman–Crippen LogP) is 2.99. The highest BCUT2D eigenvalue weighted by atomic mass is 32.2. The second-order valence-corrected chi connectivity index (χ2v) is 7.15. The van der Waals surface area contributed by atoms with Crippen molar-refractivity contribution in [1.82, 2.24) is 4.72 Å². The Morgan fingerprint density at radius 3 is 1.95 bits per heavy atom. The monoisotopic (exact) mass is 289 g/mol. The first kappa shape index (κ1) is 14.8. The van der Waals surface area contributed by atoms with Gasteiger partial charge in [-0.1, -0.05) is 48.5 Å². The maximum Gasteiger partial charge on any atom is 0.241 e. The summed E-state index contributed by atoms with van der Waals surface area (Å²) in [7, 11) is -3.49. The lowest BCUT2D eigenvalue weighted by Crippen LogP contribution is -2.44. The van der Waals surface area contributed by atoms with Gasteiger partial charge in [-0.25, -0.2) is 13.1 Å². The largest absolute Gasteiger partial charge is 0.241 e. The van der Waals surface area contributed by atoms with Crippen LogP contribution in [0.15, 0.2) is 65.6 Å². The molecule has 106 valence electrons. The van der Waals surface area contributed by atoms with E-state index in [2.05, 4.69) is 4.72 Å². The molecule has 0 aromatic heterocycles. The molecule has 0 saturated carbocycles. The molecule has 2 aromatic rings. The minimum absolute atomic E-state index is 0.293. The van der Waals surface area contributed by atoms with Crippen LogP contribution in [-0.4, -0.2) is 14.0 Å². The highest BCUT2D eigenvalue weighted by Gasteiger charge is 2.26. The summed E-state index contributed by atoms with van der Waals surface area (Å²) in [5.74, 6) is 0. The first-order chi connectivity index (χ1) is 9.39. The molecule has 0 saturated heterocycles. The number of nitrogens with one attached hydrogen (secondary N) is 1. The lowest BCUT2D eigenvalue weighted by atomic mass is 9.96.